The third kappa shape index (κ3) is 3.68. The number of nitrogens with zero attached hydrogens (tertiary/aromatic N) is 3. The number of aryl methyl sites for hydroxylation is 1. The first-order chi connectivity index (χ1) is 9.60. The number of nitrogens with one attached hydrogen (secondary N) is 1. The highest BCUT2D eigenvalue weighted by Crippen LogP contribution is 2.24. The Morgan fingerprint density at radius 3 is 2.85 bits per heavy atom. The zero-order chi connectivity index (χ0) is 14.5. The highest BCUT2D eigenvalue weighted by molar-refractivity contribution is 9.10. The van der Waals surface area contributed by atoms with Crippen LogP contribution < -0.4 is 10.2 Å². The van der Waals surface area contributed by atoms with Gasteiger partial charge in [-0.2, -0.15) is 0 Å². The van der Waals surface area contributed by atoms with E-state index in [0.717, 1.165) is 27.4 Å². The molecule has 1 aromatic heterocycles. The Kier molecular flexibility index (Phi) is 4.92. The third-order valence-corrected chi connectivity index (χ3v) is 3.43. The lowest BCUT2D eigenvalue weighted by Gasteiger charge is -2.17. The quantitative estimate of drug-likeness (QED) is 0.879. The SMILES string of the molecule is Cc1ccc(Br)cc1Nc1cc(N(C)CCO)ncn1. The maximum Gasteiger partial charge on any atom is 0.135 e. The molecule has 2 aromatic rings. The van der Waals surface area contributed by atoms with Crippen LogP contribution in [0.2, 0.25) is 0 Å². The number of aromatic nitrogens is 2. The zero-order valence-corrected chi connectivity index (χ0v) is 13.1. The predicted octanol–water partition coefficient (Wildman–Crippen LogP) is 2.72. The first-order valence-corrected chi connectivity index (χ1v) is 7.06. The molecule has 0 bridgehead atoms. The fourth-order valence-corrected chi connectivity index (χ4v) is 2.12. The smallest absolute Gasteiger partial charge is 0.135 e. The van der Waals surface area contributed by atoms with Gasteiger partial charge >= 0.3 is 0 Å². The van der Waals surface area contributed by atoms with Crippen molar-refractivity contribution in [1.29, 1.82) is 0 Å². The van der Waals surface area contributed by atoms with E-state index in [-0.39, 0.29) is 6.61 Å². The van der Waals surface area contributed by atoms with Crippen LogP contribution in [-0.4, -0.2) is 35.3 Å². The van der Waals surface area contributed by atoms with Crippen LogP contribution in [0.1, 0.15) is 5.56 Å². The monoisotopic (exact) mass is 336 g/mol. The molecule has 2 rings (SSSR count). The topological polar surface area (TPSA) is 61.3 Å². The summed E-state index contributed by atoms with van der Waals surface area (Å²) in [7, 11) is 1.88. The normalized spacial score (nSPS) is 10.4. The van der Waals surface area contributed by atoms with E-state index in [9.17, 15) is 0 Å². The zero-order valence-electron chi connectivity index (χ0n) is 11.5. The Bertz CT molecular complexity index is 591. The van der Waals surface area contributed by atoms with Crippen molar-refractivity contribution in [2.24, 2.45) is 0 Å². The molecule has 0 saturated heterocycles. The van der Waals surface area contributed by atoms with E-state index >= 15 is 0 Å². The maximum absolute atomic E-state index is 8.96. The molecule has 0 fully saturated rings. The first-order valence-electron chi connectivity index (χ1n) is 6.27. The molecule has 0 amide bonds. The van der Waals surface area contributed by atoms with Gasteiger partial charge in [-0.3, -0.25) is 0 Å². The van der Waals surface area contributed by atoms with Gasteiger partial charge in [0.15, 0.2) is 0 Å². The second-order valence-electron chi connectivity index (χ2n) is 4.49. The Hall–Kier alpha value is -1.66. The van der Waals surface area contributed by atoms with Crippen molar-refractivity contribution in [3.8, 4) is 0 Å². The number of aliphatic hydroxyl groups is 1. The van der Waals surface area contributed by atoms with Gasteiger partial charge in [0.2, 0.25) is 0 Å². The van der Waals surface area contributed by atoms with Crippen molar-refractivity contribution in [1.82, 2.24) is 9.97 Å². The summed E-state index contributed by atoms with van der Waals surface area (Å²) in [5, 5.41) is 12.2. The van der Waals surface area contributed by atoms with Crippen LogP contribution in [-0.2, 0) is 0 Å². The molecule has 0 atom stereocenters. The van der Waals surface area contributed by atoms with E-state index in [1.807, 2.05) is 43.1 Å². The highest BCUT2D eigenvalue weighted by Gasteiger charge is 2.05. The van der Waals surface area contributed by atoms with Crippen LogP contribution in [0.15, 0.2) is 35.1 Å². The standard InChI is InChI=1S/C14H17BrN4O/c1-10-3-4-11(15)7-12(10)18-13-8-14(17-9-16-13)19(2)5-6-20/h3-4,7-9,20H,5-6H2,1-2H3,(H,16,17,18). The van der Waals surface area contributed by atoms with Crippen molar-refractivity contribution in [3.05, 3.63) is 40.6 Å². The van der Waals surface area contributed by atoms with Crippen LogP contribution >= 0.6 is 15.9 Å². The third-order valence-electron chi connectivity index (χ3n) is 2.94. The highest BCUT2D eigenvalue weighted by atomic mass is 79.9. The molecule has 0 saturated carbocycles. The van der Waals surface area contributed by atoms with Crippen molar-refractivity contribution < 1.29 is 5.11 Å². The fraction of sp³-hybridized carbons (Fsp3) is 0.286. The Labute approximate surface area is 126 Å². The minimum Gasteiger partial charge on any atom is -0.395 e. The van der Waals surface area contributed by atoms with Crippen LogP contribution in [0.3, 0.4) is 0 Å². The summed E-state index contributed by atoms with van der Waals surface area (Å²) in [6, 6.07) is 7.90. The average Bonchev–Trinajstić information content (AvgIpc) is 2.43. The molecular weight excluding hydrogens is 320 g/mol. The molecule has 2 N–H and O–H groups in total. The lowest BCUT2D eigenvalue weighted by atomic mass is 10.2. The number of hydrogen-bond acceptors (Lipinski definition) is 5. The number of halogens is 1. The minimum absolute atomic E-state index is 0.0913. The van der Waals surface area contributed by atoms with Crippen LogP contribution in [0.4, 0.5) is 17.3 Å². The lowest BCUT2D eigenvalue weighted by Crippen LogP contribution is -2.22. The number of rotatable bonds is 5. The van der Waals surface area contributed by atoms with Crippen LogP contribution in [0.5, 0.6) is 0 Å². The van der Waals surface area contributed by atoms with Gasteiger partial charge in [0.25, 0.3) is 0 Å². The number of hydrogen-bond donors (Lipinski definition) is 2. The van der Waals surface area contributed by atoms with E-state index in [4.69, 9.17) is 5.11 Å². The Morgan fingerprint density at radius 1 is 1.30 bits per heavy atom. The summed E-state index contributed by atoms with van der Waals surface area (Å²) >= 11 is 3.46. The van der Waals surface area contributed by atoms with Gasteiger partial charge in [0.05, 0.1) is 6.61 Å². The molecule has 0 aliphatic carbocycles. The summed E-state index contributed by atoms with van der Waals surface area (Å²) in [6.45, 7) is 2.66. The summed E-state index contributed by atoms with van der Waals surface area (Å²) in [4.78, 5) is 10.3. The molecule has 106 valence electrons. The first kappa shape index (κ1) is 14.7. The van der Waals surface area contributed by atoms with E-state index in [0.29, 0.717) is 6.54 Å². The number of aliphatic hydroxyl groups excluding tert-OH is 1. The Balaban J connectivity index is 2.21. The summed E-state index contributed by atoms with van der Waals surface area (Å²) < 4.78 is 1.01. The van der Waals surface area contributed by atoms with Crippen molar-refractivity contribution in [2.45, 2.75) is 6.92 Å². The molecule has 0 aliphatic rings. The van der Waals surface area contributed by atoms with Gasteiger partial charge in [0.1, 0.15) is 18.0 Å². The van der Waals surface area contributed by atoms with E-state index in [1.54, 1.807) is 0 Å². The van der Waals surface area contributed by atoms with E-state index in [2.05, 4.69) is 31.2 Å². The Morgan fingerprint density at radius 2 is 2.10 bits per heavy atom. The van der Waals surface area contributed by atoms with Gasteiger partial charge in [-0.15, -0.1) is 0 Å². The fourth-order valence-electron chi connectivity index (χ4n) is 1.76. The van der Waals surface area contributed by atoms with Gasteiger partial charge < -0.3 is 15.3 Å². The molecule has 0 radical (unpaired) electrons. The summed E-state index contributed by atoms with van der Waals surface area (Å²) in [6.07, 6.45) is 1.51. The molecular formula is C14H17BrN4O. The summed E-state index contributed by atoms with van der Waals surface area (Å²) in [5.74, 6) is 1.49. The molecule has 1 heterocycles. The van der Waals surface area contributed by atoms with Gasteiger partial charge in [-0.1, -0.05) is 22.0 Å². The average molecular weight is 337 g/mol. The van der Waals surface area contributed by atoms with Gasteiger partial charge in [-0.05, 0) is 24.6 Å². The van der Waals surface area contributed by atoms with Gasteiger partial charge in [0, 0.05) is 29.8 Å². The molecule has 0 unspecified atom stereocenters. The second kappa shape index (κ2) is 6.67. The predicted molar refractivity (Wildman–Crippen MR) is 84.5 cm³/mol. The van der Waals surface area contributed by atoms with Crippen LogP contribution in [0.25, 0.3) is 0 Å². The van der Waals surface area contributed by atoms with Crippen molar-refractivity contribution >= 4 is 33.3 Å². The van der Waals surface area contributed by atoms with Crippen LogP contribution in [0, 0.1) is 6.92 Å². The molecule has 6 heteroatoms. The van der Waals surface area contributed by atoms with E-state index in [1.165, 1.54) is 6.33 Å². The molecule has 1 aromatic carbocycles. The number of benzene rings is 1. The van der Waals surface area contributed by atoms with Crippen molar-refractivity contribution in [2.75, 3.05) is 30.4 Å². The minimum atomic E-state index is 0.0913. The molecule has 20 heavy (non-hydrogen) atoms. The van der Waals surface area contributed by atoms with Crippen molar-refractivity contribution in [3.63, 3.8) is 0 Å². The lowest BCUT2D eigenvalue weighted by molar-refractivity contribution is 0.304. The number of anilines is 3. The van der Waals surface area contributed by atoms with Gasteiger partial charge in [-0.25, -0.2) is 9.97 Å². The molecule has 0 spiro atoms. The molecule has 0 aliphatic heterocycles. The second-order valence-corrected chi connectivity index (χ2v) is 5.41. The largest absolute Gasteiger partial charge is 0.395 e. The van der Waals surface area contributed by atoms with E-state index < -0.39 is 0 Å². The summed E-state index contributed by atoms with van der Waals surface area (Å²) in [5.41, 5.74) is 2.13. The number of likely N-dealkylation sites (N-methyl/N-ethyl adjacent to an activating group) is 1. The molecule has 5 nitrogen and oxygen atoms in total. The maximum atomic E-state index is 8.96.